The molecule has 0 bridgehead atoms. The van der Waals surface area contributed by atoms with Gasteiger partial charge < -0.3 is 19.7 Å². The van der Waals surface area contributed by atoms with Crippen LogP contribution in [0.25, 0.3) is 0 Å². The Balaban J connectivity index is -0.000000295. The molecule has 0 heterocycles. The van der Waals surface area contributed by atoms with Gasteiger partial charge in [-0.05, 0) is 12.2 Å². The van der Waals surface area contributed by atoms with Crippen LogP contribution in [0.3, 0.4) is 0 Å². The van der Waals surface area contributed by atoms with Crippen LogP contribution in [0.4, 0.5) is 0 Å². The Kier molecular flexibility index (Phi) is 13.9. The number of hydrogen-bond donors (Lipinski definition) is 2. The average molecular weight is 353 g/mol. The summed E-state index contributed by atoms with van der Waals surface area (Å²) in [6.07, 6.45) is 1.76. The Labute approximate surface area is 138 Å². The molecule has 21 heavy (non-hydrogen) atoms. The zero-order valence-electron chi connectivity index (χ0n) is 10.8. The Hall–Kier alpha value is -0.994. The summed E-state index contributed by atoms with van der Waals surface area (Å²) in [4.78, 5) is 20.5. The molecule has 0 aliphatic carbocycles. The zero-order valence-corrected chi connectivity index (χ0v) is 13.8. The molecule has 0 saturated heterocycles. The number of hydrogen-bond acceptors (Lipinski definition) is 8. The SMILES string of the molecule is C=CC(=O)NCS(=O)(=O)[O-].C=CC(=O)NCS(=O)(=O)[O-].[Mg+2]. The summed E-state index contributed by atoms with van der Waals surface area (Å²) in [6.45, 7) is 6.10. The predicted molar refractivity (Wildman–Crippen MR) is 71.6 cm³/mol. The molecule has 0 aliphatic heterocycles. The van der Waals surface area contributed by atoms with Crippen LogP contribution in [0.5, 0.6) is 0 Å². The van der Waals surface area contributed by atoms with Gasteiger partial charge in [0.2, 0.25) is 11.8 Å². The second-order valence-corrected chi connectivity index (χ2v) is 5.70. The maximum Gasteiger partial charge on any atom is 2.00 e. The number of rotatable bonds is 6. The van der Waals surface area contributed by atoms with Crippen molar-refractivity contribution in [3.63, 3.8) is 0 Å². The fourth-order valence-electron chi connectivity index (χ4n) is 0.463. The van der Waals surface area contributed by atoms with E-state index in [1.165, 1.54) is 0 Å². The summed E-state index contributed by atoms with van der Waals surface area (Å²) in [7, 11) is -8.72. The molecule has 0 rings (SSSR count). The van der Waals surface area contributed by atoms with Crippen LogP contribution in [0.1, 0.15) is 0 Å². The predicted octanol–water partition coefficient (Wildman–Crippen LogP) is -2.80. The van der Waals surface area contributed by atoms with Crippen molar-refractivity contribution >= 4 is 55.1 Å². The van der Waals surface area contributed by atoms with Gasteiger partial charge in [-0.3, -0.25) is 9.59 Å². The van der Waals surface area contributed by atoms with E-state index in [2.05, 4.69) is 13.2 Å². The minimum absolute atomic E-state index is 0. The summed E-state index contributed by atoms with van der Waals surface area (Å²) in [5.74, 6) is -3.14. The van der Waals surface area contributed by atoms with Crippen LogP contribution in [0.2, 0.25) is 0 Å². The first-order valence-corrected chi connectivity index (χ1v) is 7.74. The Morgan fingerprint density at radius 2 is 1.10 bits per heavy atom. The smallest absolute Gasteiger partial charge is 0.747 e. The first kappa shape index (κ1) is 25.0. The summed E-state index contributed by atoms with van der Waals surface area (Å²) in [5, 5.41) is 3.63. The van der Waals surface area contributed by atoms with E-state index in [1.807, 2.05) is 10.6 Å². The van der Waals surface area contributed by atoms with Crippen molar-refractivity contribution in [2.24, 2.45) is 0 Å². The Morgan fingerprint density at radius 3 is 1.24 bits per heavy atom. The van der Waals surface area contributed by atoms with Gasteiger partial charge in [-0.2, -0.15) is 0 Å². The van der Waals surface area contributed by atoms with Gasteiger partial charge in [0, 0.05) is 0 Å². The number of carbonyl (C=O) groups is 2. The van der Waals surface area contributed by atoms with Crippen molar-refractivity contribution in [1.29, 1.82) is 0 Å². The molecule has 0 aromatic carbocycles. The second-order valence-electron chi connectivity index (χ2n) is 2.89. The molecule has 0 fully saturated rings. The van der Waals surface area contributed by atoms with E-state index in [1.54, 1.807) is 0 Å². The average Bonchev–Trinajstić information content (AvgIpc) is 2.31. The van der Waals surface area contributed by atoms with Crippen molar-refractivity contribution in [3.05, 3.63) is 25.3 Å². The normalized spacial score (nSPS) is 10.0. The van der Waals surface area contributed by atoms with E-state index in [0.29, 0.717) is 0 Å². The van der Waals surface area contributed by atoms with E-state index in [0.717, 1.165) is 12.2 Å². The van der Waals surface area contributed by atoms with Crippen molar-refractivity contribution in [2.75, 3.05) is 11.8 Å². The third kappa shape index (κ3) is 24.4. The largest absolute Gasteiger partial charge is 2.00 e. The van der Waals surface area contributed by atoms with Gasteiger partial charge in [0.25, 0.3) is 0 Å². The van der Waals surface area contributed by atoms with Crippen molar-refractivity contribution in [3.8, 4) is 0 Å². The van der Waals surface area contributed by atoms with Crippen LogP contribution in [-0.2, 0) is 29.8 Å². The van der Waals surface area contributed by atoms with Crippen molar-refractivity contribution in [2.45, 2.75) is 0 Å². The number of amides is 2. The van der Waals surface area contributed by atoms with Gasteiger partial charge >= 0.3 is 23.1 Å². The zero-order chi connectivity index (χ0) is 16.4. The maximum absolute atomic E-state index is 10.2. The number of carbonyl (C=O) groups excluding carboxylic acids is 2. The molecule has 0 spiro atoms. The third-order valence-corrected chi connectivity index (χ3v) is 2.21. The van der Waals surface area contributed by atoms with Gasteiger partial charge in [-0.15, -0.1) is 0 Å². The van der Waals surface area contributed by atoms with E-state index in [-0.39, 0.29) is 23.1 Å². The second kappa shape index (κ2) is 11.6. The molecule has 0 radical (unpaired) electrons. The minimum atomic E-state index is -4.36. The van der Waals surface area contributed by atoms with E-state index in [4.69, 9.17) is 0 Å². The van der Waals surface area contributed by atoms with Crippen LogP contribution in [0, 0.1) is 0 Å². The third-order valence-electron chi connectivity index (χ3n) is 1.22. The van der Waals surface area contributed by atoms with Gasteiger partial charge in [-0.1, -0.05) is 13.2 Å². The van der Waals surface area contributed by atoms with Gasteiger partial charge in [-0.25, -0.2) is 16.8 Å². The molecule has 0 aliphatic rings. The molecule has 13 heteroatoms. The monoisotopic (exact) mass is 352 g/mol. The van der Waals surface area contributed by atoms with E-state index >= 15 is 0 Å². The molecule has 0 saturated carbocycles. The quantitative estimate of drug-likeness (QED) is 0.293. The van der Waals surface area contributed by atoms with Crippen LogP contribution in [-0.4, -0.2) is 72.6 Å². The molecule has 2 amide bonds. The van der Waals surface area contributed by atoms with E-state index < -0.39 is 43.8 Å². The fraction of sp³-hybridized carbons (Fsp3) is 0.250. The fourth-order valence-corrected chi connectivity index (χ4v) is 1.10. The molecule has 2 N–H and O–H groups in total. The molecule has 0 aromatic rings. The molecule has 10 nitrogen and oxygen atoms in total. The molecular weight excluding hydrogens is 341 g/mol. The Bertz CT molecular complexity index is 517. The maximum atomic E-state index is 10.2. The molecule has 0 atom stereocenters. The van der Waals surface area contributed by atoms with E-state index in [9.17, 15) is 35.5 Å². The van der Waals surface area contributed by atoms with Crippen LogP contribution in [0.15, 0.2) is 25.3 Å². The van der Waals surface area contributed by atoms with Gasteiger partial charge in [0.1, 0.15) is 32.0 Å². The standard InChI is InChI=1S/2C4H7NO4S.Mg/c2*1-2-4(6)5-3-10(7,8)9;/h2*2H,1,3H2,(H,5,6)(H,7,8,9);/q;;+2/p-2. The topological polar surface area (TPSA) is 173 Å². The summed E-state index contributed by atoms with van der Waals surface area (Å²) < 4.78 is 59.1. The van der Waals surface area contributed by atoms with Crippen LogP contribution < -0.4 is 10.6 Å². The molecule has 116 valence electrons. The molecule has 0 aromatic heterocycles. The molecule has 0 unspecified atom stereocenters. The summed E-state index contributed by atoms with van der Waals surface area (Å²) in [6, 6.07) is 0. The Morgan fingerprint density at radius 1 is 0.857 bits per heavy atom. The first-order valence-electron chi connectivity index (χ1n) is 4.59. The van der Waals surface area contributed by atoms with Gasteiger partial charge in [0.15, 0.2) is 0 Å². The molecular formula is C8H12MgN2O8S2. The minimum Gasteiger partial charge on any atom is -0.747 e. The van der Waals surface area contributed by atoms with Crippen LogP contribution >= 0.6 is 0 Å². The van der Waals surface area contributed by atoms with Gasteiger partial charge in [0.05, 0.1) is 0 Å². The first-order chi connectivity index (χ1) is 8.91. The summed E-state index contributed by atoms with van der Waals surface area (Å²) in [5.41, 5.74) is 0. The number of nitrogens with one attached hydrogen (secondary N) is 2. The summed E-state index contributed by atoms with van der Waals surface area (Å²) >= 11 is 0. The van der Waals surface area contributed by atoms with Crippen molar-refractivity contribution in [1.82, 2.24) is 10.6 Å². The van der Waals surface area contributed by atoms with Crippen molar-refractivity contribution < 1.29 is 35.5 Å².